The largest absolute Gasteiger partial charge is 0.309 e. The lowest BCUT2D eigenvalue weighted by molar-refractivity contribution is 0.217. The van der Waals surface area contributed by atoms with E-state index in [2.05, 4.69) is 47.0 Å². The van der Waals surface area contributed by atoms with Gasteiger partial charge in [0.15, 0.2) is 11.0 Å². The zero-order valence-electron chi connectivity index (χ0n) is 18.8. The minimum atomic E-state index is -0.109. The molecule has 0 saturated carbocycles. The number of aryl methyl sites for hydroxylation is 1. The molecule has 0 bridgehead atoms. The van der Waals surface area contributed by atoms with Gasteiger partial charge < -0.3 is 9.55 Å². The van der Waals surface area contributed by atoms with Gasteiger partial charge in [0.05, 0.1) is 21.5 Å². The van der Waals surface area contributed by atoms with Gasteiger partial charge >= 0.3 is 0 Å². The zero-order chi connectivity index (χ0) is 22.5. The van der Waals surface area contributed by atoms with Crippen molar-refractivity contribution in [2.24, 2.45) is 18.4 Å². The number of rotatable bonds is 4. The summed E-state index contributed by atoms with van der Waals surface area (Å²) in [5.74, 6) is 2.79. The van der Waals surface area contributed by atoms with Crippen LogP contribution in [-0.4, -0.2) is 24.7 Å². The Morgan fingerprint density at radius 1 is 1.25 bits per heavy atom. The Kier molecular flexibility index (Phi) is 5.45. The van der Waals surface area contributed by atoms with Crippen molar-refractivity contribution in [1.29, 1.82) is 0 Å². The number of hydrogen-bond donors (Lipinski definition) is 1. The molecule has 4 aromatic rings. The second-order valence-electron chi connectivity index (χ2n) is 9.55. The summed E-state index contributed by atoms with van der Waals surface area (Å²) in [6, 6.07) is 9.71. The average Bonchev–Trinajstić information content (AvgIpc) is 3.34. The van der Waals surface area contributed by atoms with Gasteiger partial charge in [0.2, 0.25) is 0 Å². The number of thiophene rings is 1. The van der Waals surface area contributed by atoms with Crippen molar-refractivity contribution in [3.63, 3.8) is 0 Å². The number of nitrogens with zero attached hydrogens (tertiary/aromatic N) is 4. The standard InChI is InChI=1S/C24H27N5OS2/c1-24(2,3)15-9-10-18-14(11-15)12-19(32-18)21-27-28-23(29(21)4)31-13-20-25-17-8-6-5-7-16(17)22(30)26-20/h5-8,12,15H,9-11,13H2,1-4H3,(H,25,26,30). The maximum Gasteiger partial charge on any atom is 0.258 e. The molecular weight excluding hydrogens is 438 g/mol. The number of benzene rings is 1. The van der Waals surface area contributed by atoms with Crippen LogP contribution in [0, 0.1) is 11.3 Å². The summed E-state index contributed by atoms with van der Waals surface area (Å²) in [4.78, 5) is 22.5. The number of H-pyrrole nitrogens is 1. The minimum Gasteiger partial charge on any atom is -0.309 e. The van der Waals surface area contributed by atoms with Crippen LogP contribution in [0.4, 0.5) is 0 Å². The fourth-order valence-electron chi connectivity index (χ4n) is 4.36. The third-order valence-electron chi connectivity index (χ3n) is 6.36. The third-order valence-corrected chi connectivity index (χ3v) is 8.63. The van der Waals surface area contributed by atoms with Crippen LogP contribution in [0.15, 0.2) is 40.3 Å². The quantitative estimate of drug-likeness (QED) is 0.418. The van der Waals surface area contributed by atoms with Gasteiger partial charge in [0.1, 0.15) is 5.82 Å². The molecule has 1 aromatic carbocycles. The van der Waals surface area contributed by atoms with Gasteiger partial charge in [-0.25, -0.2) is 4.98 Å². The molecule has 1 aliphatic rings. The van der Waals surface area contributed by atoms with Gasteiger partial charge in [0.25, 0.3) is 5.56 Å². The highest BCUT2D eigenvalue weighted by Gasteiger charge is 2.30. The predicted octanol–water partition coefficient (Wildman–Crippen LogP) is 5.22. The van der Waals surface area contributed by atoms with Crippen LogP contribution in [0.5, 0.6) is 0 Å². The summed E-state index contributed by atoms with van der Waals surface area (Å²) in [7, 11) is 2.00. The summed E-state index contributed by atoms with van der Waals surface area (Å²) < 4.78 is 2.04. The normalized spacial score (nSPS) is 16.4. The third kappa shape index (κ3) is 4.01. The topological polar surface area (TPSA) is 76.5 Å². The highest BCUT2D eigenvalue weighted by atomic mass is 32.2. The number of hydrogen-bond acceptors (Lipinski definition) is 6. The van der Waals surface area contributed by atoms with Crippen molar-refractivity contribution in [3.8, 4) is 10.7 Å². The van der Waals surface area contributed by atoms with Crippen LogP contribution in [0.3, 0.4) is 0 Å². The van der Waals surface area contributed by atoms with Crippen LogP contribution >= 0.6 is 23.1 Å². The molecule has 0 spiro atoms. The Hall–Kier alpha value is -2.45. The van der Waals surface area contributed by atoms with Crippen molar-refractivity contribution >= 4 is 34.0 Å². The van der Waals surface area contributed by atoms with E-state index in [0.717, 1.165) is 29.7 Å². The molecule has 3 heterocycles. The minimum absolute atomic E-state index is 0.109. The molecule has 166 valence electrons. The molecule has 6 nitrogen and oxygen atoms in total. The van der Waals surface area contributed by atoms with Gasteiger partial charge in [-0.15, -0.1) is 21.5 Å². The smallest absolute Gasteiger partial charge is 0.258 e. The number of para-hydroxylation sites is 1. The number of aromatic amines is 1. The van der Waals surface area contributed by atoms with E-state index in [1.165, 1.54) is 33.5 Å². The zero-order valence-corrected chi connectivity index (χ0v) is 20.4. The molecule has 32 heavy (non-hydrogen) atoms. The van der Waals surface area contributed by atoms with Crippen molar-refractivity contribution < 1.29 is 0 Å². The summed E-state index contributed by atoms with van der Waals surface area (Å²) in [5, 5.41) is 10.3. The van der Waals surface area contributed by atoms with E-state index in [-0.39, 0.29) is 5.56 Å². The lowest BCUT2D eigenvalue weighted by Crippen LogP contribution is -2.26. The monoisotopic (exact) mass is 465 g/mol. The number of thioether (sulfide) groups is 1. The van der Waals surface area contributed by atoms with E-state index in [1.807, 2.05) is 41.2 Å². The highest BCUT2D eigenvalue weighted by molar-refractivity contribution is 7.98. The van der Waals surface area contributed by atoms with Crippen LogP contribution in [0.25, 0.3) is 21.6 Å². The fraction of sp³-hybridized carbons (Fsp3) is 0.417. The van der Waals surface area contributed by atoms with Crippen LogP contribution in [-0.2, 0) is 25.6 Å². The van der Waals surface area contributed by atoms with Gasteiger partial charge in [0, 0.05) is 11.9 Å². The van der Waals surface area contributed by atoms with Gasteiger partial charge in [-0.2, -0.15) is 0 Å². The maximum absolute atomic E-state index is 12.3. The molecule has 3 aromatic heterocycles. The Morgan fingerprint density at radius 3 is 2.88 bits per heavy atom. The molecule has 8 heteroatoms. The SMILES string of the molecule is Cn1c(SCc2nc3ccccc3c(=O)[nH]2)nnc1-c1cc2c(s1)CCC(C(C)(C)C)C2. The van der Waals surface area contributed by atoms with Crippen LogP contribution in [0.1, 0.15) is 43.5 Å². The van der Waals surface area contributed by atoms with E-state index in [0.29, 0.717) is 27.9 Å². The van der Waals surface area contributed by atoms with Gasteiger partial charge in [-0.3, -0.25) is 4.79 Å². The van der Waals surface area contributed by atoms with Crippen molar-refractivity contribution in [3.05, 3.63) is 57.0 Å². The summed E-state index contributed by atoms with van der Waals surface area (Å²) in [6.45, 7) is 7.04. The molecule has 1 N–H and O–H groups in total. The number of nitrogens with one attached hydrogen (secondary N) is 1. The molecule has 1 unspecified atom stereocenters. The Labute approximate surface area is 195 Å². The highest BCUT2D eigenvalue weighted by Crippen LogP contribution is 2.42. The average molecular weight is 466 g/mol. The predicted molar refractivity (Wildman–Crippen MR) is 131 cm³/mol. The van der Waals surface area contributed by atoms with Crippen LogP contribution < -0.4 is 5.56 Å². The molecule has 0 fully saturated rings. The van der Waals surface area contributed by atoms with Crippen LogP contribution in [0.2, 0.25) is 0 Å². The first kappa shape index (κ1) is 21.4. The molecule has 1 aliphatic carbocycles. The Balaban J connectivity index is 1.35. The first-order chi connectivity index (χ1) is 15.3. The maximum atomic E-state index is 12.3. The fourth-order valence-corrected chi connectivity index (χ4v) is 6.37. The molecule has 0 saturated heterocycles. The van der Waals surface area contributed by atoms with Gasteiger partial charge in [-0.05, 0) is 54.4 Å². The second-order valence-corrected chi connectivity index (χ2v) is 11.6. The Bertz CT molecular complexity index is 1340. The van der Waals surface area contributed by atoms with E-state index >= 15 is 0 Å². The van der Waals surface area contributed by atoms with Crippen molar-refractivity contribution in [1.82, 2.24) is 24.7 Å². The van der Waals surface area contributed by atoms with Crippen molar-refractivity contribution in [2.45, 2.75) is 50.9 Å². The molecular formula is C24H27N5OS2. The molecule has 0 amide bonds. The molecule has 5 rings (SSSR count). The number of aromatic nitrogens is 5. The summed E-state index contributed by atoms with van der Waals surface area (Å²) in [5.41, 5.74) is 2.42. The van der Waals surface area contributed by atoms with E-state index in [1.54, 1.807) is 6.07 Å². The molecule has 0 radical (unpaired) electrons. The summed E-state index contributed by atoms with van der Waals surface area (Å²) >= 11 is 3.39. The van der Waals surface area contributed by atoms with E-state index in [9.17, 15) is 4.79 Å². The first-order valence-electron chi connectivity index (χ1n) is 10.9. The second kappa shape index (κ2) is 8.15. The van der Waals surface area contributed by atoms with Gasteiger partial charge in [-0.1, -0.05) is 44.7 Å². The first-order valence-corrected chi connectivity index (χ1v) is 12.7. The molecule has 1 atom stereocenters. The lowest BCUT2D eigenvalue weighted by Gasteiger charge is -2.33. The lowest BCUT2D eigenvalue weighted by atomic mass is 9.72. The Morgan fingerprint density at radius 2 is 2.06 bits per heavy atom. The summed E-state index contributed by atoms with van der Waals surface area (Å²) in [6.07, 6.45) is 3.56. The van der Waals surface area contributed by atoms with E-state index < -0.39 is 0 Å². The number of fused-ring (bicyclic) bond motifs is 2. The molecule has 0 aliphatic heterocycles. The van der Waals surface area contributed by atoms with Crippen molar-refractivity contribution in [2.75, 3.05) is 0 Å². The van der Waals surface area contributed by atoms with E-state index in [4.69, 9.17) is 0 Å².